The van der Waals surface area contributed by atoms with Gasteiger partial charge in [-0.15, -0.1) is 22.7 Å². The average Bonchev–Trinajstić information content (AvgIpc) is 1.28. The van der Waals surface area contributed by atoms with Crippen LogP contribution in [0.4, 0.5) is 66.9 Å². The normalized spacial score (nSPS) is 13.9. The van der Waals surface area contributed by atoms with Gasteiger partial charge in [0.25, 0.3) is 0 Å². The Morgan fingerprint density at radius 1 is 0.278 bits per heavy atom. The summed E-state index contributed by atoms with van der Waals surface area (Å²) < 4.78 is 13.5. The summed E-state index contributed by atoms with van der Waals surface area (Å²) in [7, 11) is 0. The molecule has 0 atom stereocenters. The maximum atomic E-state index is 6.75. The summed E-state index contributed by atoms with van der Waals surface area (Å²) >= 11 is 3.83. The molecule has 0 N–H and O–H groups in total. The number of para-hydroxylation sites is 10. The van der Waals surface area contributed by atoms with Gasteiger partial charge in [0.15, 0.2) is 0 Å². The average molecular weight is 1190 g/mol. The van der Waals surface area contributed by atoms with E-state index in [2.05, 4.69) is 335 Å². The van der Waals surface area contributed by atoms with E-state index in [1.165, 1.54) is 43.1 Å². The highest BCUT2D eigenvalue weighted by molar-refractivity contribution is 7.18. The molecule has 0 saturated heterocycles. The largest absolute Gasteiger partial charge is 0.456 e. The molecule has 0 radical (unpaired) electrons. The molecule has 2 spiro atoms. The Balaban J connectivity index is 1.01. The molecule has 16 aromatic rings. The number of anilines is 12. The number of hydrogen-bond donors (Lipinski definition) is 0. The van der Waals surface area contributed by atoms with E-state index in [0.29, 0.717) is 0 Å². The van der Waals surface area contributed by atoms with Crippen LogP contribution in [0.25, 0.3) is 43.9 Å². The van der Waals surface area contributed by atoms with Gasteiger partial charge >= 0.3 is 0 Å². The molecular formula is C82H52N4O2S2. The summed E-state index contributed by atoms with van der Waals surface area (Å²) in [6.07, 6.45) is 0. The second kappa shape index (κ2) is 19.7. The Hall–Kier alpha value is -11.2. The highest BCUT2D eigenvalue weighted by Gasteiger charge is 2.62. The minimum absolute atomic E-state index is 0.841. The lowest BCUT2D eigenvalue weighted by atomic mass is 9.53. The van der Waals surface area contributed by atoms with Crippen LogP contribution in [-0.2, 0) is 10.8 Å². The molecule has 1 aliphatic carbocycles. The highest BCUT2D eigenvalue weighted by Crippen LogP contribution is 2.72. The van der Waals surface area contributed by atoms with Crippen LogP contribution < -0.4 is 19.6 Å². The summed E-state index contributed by atoms with van der Waals surface area (Å²) in [5, 5.41) is 6.45. The predicted molar refractivity (Wildman–Crippen MR) is 373 cm³/mol. The van der Waals surface area contributed by atoms with Gasteiger partial charge in [0, 0.05) is 43.3 Å². The van der Waals surface area contributed by atoms with Gasteiger partial charge in [0.2, 0.25) is 0 Å². The summed E-state index contributed by atoms with van der Waals surface area (Å²) in [5.41, 5.74) is 19.7. The Bertz CT molecular complexity index is 5010. The molecule has 6 heterocycles. The molecule has 12 aromatic carbocycles. The van der Waals surface area contributed by atoms with Gasteiger partial charge in [-0.3, -0.25) is 0 Å². The van der Waals surface area contributed by atoms with Crippen molar-refractivity contribution in [1.82, 2.24) is 0 Å². The van der Waals surface area contributed by atoms with Crippen LogP contribution in [0.5, 0.6) is 0 Å². The first kappa shape index (κ1) is 50.9. The molecule has 0 unspecified atom stereocenters. The Kier molecular flexibility index (Phi) is 11.1. The zero-order valence-electron chi connectivity index (χ0n) is 48.4. The molecule has 0 amide bonds. The van der Waals surface area contributed by atoms with Crippen molar-refractivity contribution in [3.05, 3.63) is 359 Å². The Morgan fingerprint density at radius 3 is 0.967 bits per heavy atom. The molecule has 6 nitrogen and oxygen atoms in total. The van der Waals surface area contributed by atoms with E-state index < -0.39 is 10.8 Å². The van der Waals surface area contributed by atoms with Crippen molar-refractivity contribution in [3.63, 3.8) is 0 Å². The first-order valence-corrected chi connectivity index (χ1v) is 32.2. The highest BCUT2D eigenvalue weighted by atomic mass is 32.1. The first-order valence-electron chi connectivity index (χ1n) is 30.6. The van der Waals surface area contributed by atoms with E-state index in [9.17, 15) is 0 Å². The third-order valence-corrected chi connectivity index (χ3v) is 21.3. The third kappa shape index (κ3) is 7.02. The van der Waals surface area contributed by atoms with Gasteiger partial charge in [-0.25, -0.2) is 0 Å². The Morgan fingerprint density at radius 2 is 0.589 bits per heavy atom. The molecule has 0 fully saturated rings. The van der Waals surface area contributed by atoms with Gasteiger partial charge in [-0.05, 0) is 155 Å². The van der Waals surface area contributed by atoms with Crippen molar-refractivity contribution in [1.29, 1.82) is 0 Å². The number of thiophene rings is 2. The van der Waals surface area contributed by atoms with Gasteiger partial charge in [0.1, 0.15) is 32.3 Å². The van der Waals surface area contributed by atoms with Crippen molar-refractivity contribution in [2.45, 2.75) is 10.8 Å². The van der Waals surface area contributed by atoms with Crippen molar-refractivity contribution in [2.75, 3.05) is 19.6 Å². The van der Waals surface area contributed by atoms with Crippen LogP contribution >= 0.6 is 22.7 Å². The molecule has 0 bridgehead atoms. The van der Waals surface area contributed by atoms with Crippen LogP contribution in [-0.4, -0.2) is 0 Å². The number of furan rings is 2. The van der Waals surface area contributed by atoms with Crippen LogP contribution in [0.3, 0.4) is 0 Å². The monoisotopic (exact) mass is 1190 g/mol. The summed E-state index contributed by atoms with van der Waals surface area (Å²) in [5.74, 6) is 0. The van der Waals surface area contributed by atoms with Crippen molar-refractivity contribution in [2.24, 2.45) is 0 Å². The molecule has 2 aliphatic heterocycles. The van der Waals surface area contributed by atoms with E-state index in [0.717, 1.165) is 111 Å². The fourth-order valence-electron chi connectivity index (χ4n) is 15.4. The number of rotatable bonds is 8. The molecule has 3 aliphatic rings. The molecular weight excluding hydrogens is 1140 g/mol. The van der Waals surface area contributed by atoms with Gasteiger partial charge < -0.3 is 28.4 Å². The van der Waals surface area contributed by atoms with E-state index in [4.69, 9.17) is 8.83 Å². The van der Waals surface area contributed by atoms with Gasteiger partial charge in [-0.1, -0.05) is 194 Å². The molecule has 4 aromatic heterocycles. The zero-order chi connectivity index (χ0) is 59.1. The molecule has 424 valence electrons. The van der Waals surface area contributed by atoms with E-state index in [1.54, 1.807) is 0 Å². The van der Waals surface area contributed by atoms with Gasteiger partial charge in [0.05, 0.1) is 55.7 Å². The SMILES string of the molecule is c1ccc(N2c3ccccc3C3(c4ccccc42)c2cc(N(c4ccccc4)c4cccc5oc6ccccc6c45)sc2C2(c4ccccc4N(c4ccccc4)c4ccccc42)c2cc(N(c4ccccc4)c4cccc5oc6ccccc6c45)sc23)cc1. The topological polar surface area (TPSA) is 39.2 Å². The van der Waals surface area contributed by atoms with Crippen LogP contribution in [0, 0.1) is 0 Å². The lowest BCUT2D eigenvalue weighted by Gasteiger charge is -2.53. The maximum absolute atomic E-state index is 6.75. The van der Waals surface area contributed by atoms with E-state index in [1.807, 2.05) is 22.7 Å². The minimum atomic E-state index is -0.917. The van der Waals surface area contributed by atoms with Crippen molar-refractivity contribution in [3.8, 4) is 0 Å². The number of hydrogen-bond acceptors (Lipinski definition) is 8. The Labute approximate surface area is 527 Å². The lowest BCUT2D eigenvalue weighted by Crippen LogP contribution is -2.47. The smallest absolute Gasteiger partial charge is 0.137 e. The standard InChI is InChI=1S/C82H52N4O2S2/c1-5-27-53(28-6-1)83-65-41-19-15-37-59(65)81(60-38-16-20-42-66(60)83)63-51-75(85(55-31-9-3-10-32-55)69-45-25-49-73-77(69)57-35-13-23-47-71(57)87-73)90-80(63)82(61-39-17-21-43-67(61)84(54-29-7-2-8-30-54)68-44-22-18-40-62(68)82)64-52-76(89-79(64)81)86(56-33-11-4-12-34-56)70-46-26-50-74-78(70)58-36-14-24-48-72(58)88-74/h1-52H. The summed E-state index contributed by atoms with van der Waals surface area (Å²) in [4.78, 5) is 12.5. The molecule has 90 heavy (non-hydrogen) atoms. The number of fused-ring (bicyclic) bond motifs is 20. The number of benzene rings is 12. The zero-order valence-corrected chi connectivity index (χ0v) is 50.1. The second-order valence-corrected chi connectivity index (χ2v) is 25.5. The quantitative estimate of drug-likeness (QED) is 0.151. The molecule has 8 heteroatoms. The van der Waals surface area contributed by atoms with Crippen LogP contribution in [0.15, 0.2) is 324 Å². The fraction of sp³-hybridized carbons (Fsp3) is 0.0244. The minimum Gasteiger partial charge on any atom is -0.456 e. The summed E-state index contributed by atoms with van der Waals surface area (Å²) in [6, 6.07) is 116. The van der Waals surface area contributed by atoms with E-state index >= 15 is 0 Å². The summed E-state index contributed by atoms with van der Waals surface area (Å²) in [6.45, 7) is 0. The maximum Gasteiger partial charge on any atom is 0.137 e. The first-order chi connectivity index (χ1) is 44.7. The second-order valence-electron chi connectivity index (χ2n) is 23.4. The van der Waals surface area contributed by atoms with Crippen LogP contribution in [0.1, 0.15) is 43.1 Å². The lowest BCUT2D eigenvalue weighted by molar-refractivity contribution is 0.634. The van der Waals surface area contributed by atoms with E-state index in [-0.39, 0.29) is 0 Å². The number of nitrogens with zero attached hydrogens (tertiary/aromatic N) is 4. The van der Waals surface area contributed by atoms with Crippen LogP contribution in [0.2, 0.25) is 0 Å². The van der Waals surface area contributed by atoms with Crippen molar-refractivity contribution >= 4 is 133 Å². The molecule has 19 rings (SSSR count). The predicted octanol–water partition coefficient (Wildman–Crippen LogP) is 23.2. The van der Waals surface area contributed by atoms with Gasteiger partial charge in [-0.2, -0.15) is 0 Å². The third-order valence-electron chi connectivity index (χ3n) is 18.9. The molecule has 0 saturated carbocycles. The fourth-order valence-corrected chi connectivity index (χ4v) is 18.4. The van der Waals surface area contributed by atoms with Crippen molar-refractivity contribution < 1.29 is 8.83 Å².